The predicted molar refractivity (Wildman–Crippen MR) is 307 cm³/mol. The molecule has 0 aliphatic rings. The van der Waals surface area contributed by atoms with Gasteiger partial charge in [0.2, 0.25) is 5.91 Å². The molecule has 0 aromatic rings. The van der Waals surface area contributed by atoms with Crippen LogP contribution in [0.5, 0.6) is 0 Å². The number of hydrogen-bond donors (Lipinski definition) is 5. The van der Waals surface area contributed by atoms with Crippen molar-refractivity contribution in [2.75, 3.05) is 6.61 Å². The van der Waals surface area contributed by atoms with Crippen molar-refractivity contribution in [3.05, 3.63) is 24.3 Å². The van der Waals surface area contributed by atoms with Crippen LogP contribution in [0, 0.1) is 0 Å². The SMILES string of the molecule is CCCCCCCCCCCCCC/C=C\CCCCCCCCCCC(O)C(=O)NC(CO)C(O)C(O)CCC/C=C/CCCCCCCCCCCCCCCCCCCCCCCCCCC. The van der Waals surface area contributed by atoms with Gasteiger partial charge in [-0.2, -0.15) is 0 Å². The minimum absolute atomic E-state index is 0.361. The van der Waals surface area contributed by atoms with Gasteiger partial charge in [0.05, 0.1) is 18.8 Å². The maximum absolute atomic E-state index is 12.6. The fourth-order valence-corrected chi connectivity index (χ4v) is 10.2. The molecule has 5 N–H and O–H groups in total. The van der Waals surface area contributed by atoms with Crippen LogP contribution in [0.25, 0.3) is 0 Å². The van der Waals surface area contributed by atoms with Gasteiger partial charge in [-0.25, -0.2) is 0 Å². The third kappa shape index (κ3) is 51.7. The largest absolute Gasteiger partial charge is 0.394 e. The van der Waals surface area contributed by atoms with Crippen molar-refractivity contribution in [2.45, 2.75) is 372 Å². The van der Waals surface area contributed by atoms with Crippen LogP contribution in [0.2, 0.25) is 0 Å². The first-order chi connectivity index (χ1) is 34.5. The molecule has 0 saturated carbocycles. The lowest BCUT2D eigenvalue weighted by molar-refractivity contribution is -0.132. The van der Waals surface area contributed by atoms with Crippen LogP contribution in [0.4, 0.5) is 0 Å². The first-order valence-electron chi connectivity index (χ1n) is 31.7. The molecule has 416 valence electrons. The average Bonchev–Trinajstić information content (AvgIpc) is 3.36. The summed E-state index contributed by atoms with van der Waals surface area (Å²) in [6.45, 7) is 4.09. The lowest BCUT2D eigenvalue weighted by Crippen LogP contribution is -2.53. The normalized spacial score (nSPS) is 13.7. The number of carbonyl (C=O) groups is 1. The molecule has 0 aromatic carbocycles. The van der Waals surface area contributed by atoms with E-state index in [0.29, 0.717) is 12.8 Å². The smallest absolute Gasteiger partial charge is 0.249 e. The van der Waals surface area contributed by atoms with Crippen LogP contribution in [0.1, 0.15) is 348 Å². The maximum Gasteiger partial charge on any atom is 0.249 e. The van der Waals surface area contributed by atoms with Crippen molar-refractivity contribution < 1.29 is 25.2 Å². The Balaban J connectivity index is 3.60. The minimum Gasteiger partial charge on any atom is -0.394 e. The molecule has 0 bridgehead atoms. The molecule has 0 saturated heterocycles. The van der Waals surface area contributed by atoms with E-state index in [-0.39, 0.29) is 0 Å². The first-order valence-corrected chi connectivity index (χ1v) is 31.7. The molecule has 4 unspecified atom stereocenters. The van der Waals surface area contributed by atoms with E-state index in [1.54, 1.807) is 0 Å². The second kappa shape index (κ2) is 58.7. The lowest BCUT2D eigenvalue weighted by atomic mass is 10.00. The molecule has 6 heteroatoms. The summed E-state index contributed by atoms with van der Waals surface area (Å²) in [7, 11) is 0. The summed E-state index contributed by atoms with van der Waals surface area (Å²) in [5.41, 5.74) is 0. The van der Waals surface area contributed by atoms with Gasteiger partial charge in [-0.05, 0) is 64.2 Å². The molecule has 0 fully saturated rings. The molecule has 0 heterocycles. The molecule has 0 aromatic heterocycles. The van der Waals surface area contributed by atoms with Crippen molar-refractivity contribution in [3.8, 4) is 0 Å². The predicted octanol–water partition coefficient (Wildman–Crippen LogP) is 19.0. The highest BCUT2D eigenvalue weighted by Gasteiger charge is 2.28. The highest BCUT2D eigenvalue weighted by atomic mass is 16.3. The Morgan fingerprint density at radius 2 is 0.586 bits per heavy atom. The minimum atomic E-state index is -1.28. The highest BCUT2D eigenvalue weighted by molar-refractivity contribution is 5.80. The molecule has 0 aliphatic carbocycles. The summed E-state index contributed by atoms with van der Waals surface area (Å²) in [5.74, 6) is -0.590. The van der Waals surface area contributed by atoms with Crippen LogP contribution in [0.3, 0.4) is 0 Å². The van der Waals surface area contributed by atoms with Gasteiger partial charge >= 0.3 is 0 Å². The summed E-state index contributed by atoms with van der Waals surface area (Å²) < 4.78 is 0. The topological polar surface area (TPSA) is 110 Å². The molecule has 0 aliphatic heterocycles. The molecular weight excluding hydrogens is 863 g/mol. The van der Waals surface area contributed by atoms with E-state index in [9.17, 15) is 25.2 Å². The molecule has 70 heavy (non-hydrogen) atoms. The van der Waals surface area contributed by atoms with Crippen LogP contribution < -0.4 is 5.32 Å². The number of aliphatic hydroxyl groups is 4. The Labute approximate surface area is 437 Å². The van der Waals surface area contributed by atoms with Crippen LogP contribution in [0.15, 0.2) is 24.3 Å². The van der Waals surface area contributed by atoms with E-state index in [4.69, 9.17) is 0 Å². The zero-order valence-electron chi connectivity index (χ0n) is 47.3. The number of aliphatic hydroxyl groups excluding tert-OH is 4. The zero-order valence-corrected chi connectivity index (χ0v) is 47.3. The third-order valence-electron chi connectivity index (χ3n) is 15.1. The van der Waals surface area contributed by atoms with Crippen LogP contribution in [-0.2, 0) is 4.79 Å². The van der Waals surface area contributed by atoms with Gasteiger partial charge in [0, 0.05) is 0 Å². The van der Waals surface area contributed by atoms with Crippen LogP contribution in [-0.4, -0.2) is 57.3 Å². The second-order valence-corrected chi connectivity index (χ2v) is 22.1. The van der Waals surface area contributed by atoms with E-state index in [0.717, 1.165) is 38.5 Å². The van der Waals surface area contributed by atoms with Gasteiger partial charge in [-0.15, -0.1) is 0 Å². The zero-order chi connectivity index (χ0) is 50.9. The Bertz CT molecular complexity index is 1060. The summed E-state index contributed by atoms with van der Waals surface area (Å²) in [4.78, 5) is 12.6. The van der Waals surface area contributed by atoms with Gasteiger partial charge in [0.15, 0.2) is 0 Å². The number of nitrogens with one attached hydrogen (secondary N) is 1. The Morgan fingerprint density at radius 3 is 0.857 bits per heavy atom. The fourth-order valence-electron chi connectivity index (χ4n) is 10.2. The van der Waals surface area contributed by atoms with Gasteiger partial charge < -0.3 is 25.7 Å². The summed E-state index contributed by atoms with van der Waals surface area (Å²) in [5, 5.41) is 44.1. The Hall–Kier alpha value is -1.21. The van der Waals surface area contributed by atoms with E-state index < -0.39 is 36.9 Å². The summed E-state index contributed by atoms with van der Waals surface area (Å²) in [6.07, 6.45) is 72.8. The molecule has 6 nitrogen and oxygen atoms in total. The number of hydrogen-bond acceptors (Lipinski definition) is 5. The Kier molecular flexibility index (Phi) is 57.7. The summed E-state index contributed by atoms with van der Waals surface area (Å²) in [6, 6.07) is -1.00. The van der Waals surface area contributed by atoms with Gasteiger partial charge in [0.25, 0.3) is 0 Å². The van der Waals surface area contributed by atoms with Gasteiger partial charge in [-0.1, -0.05) is 308 Å². The number of carbonyl (C=O) groups excluding carboxylic acids is 1. The van der Waals surface area contributed by atoms with E-state index in [1.165, 1.54) is 283 Å². The third-order valence-corrected chi connectivity index (χ3v) is 15.1. The van der Waals surface area contributed by atoms with Crippen molar-refractivity contribution >= 4 is 5.91 Å². The first kappa shape index (κ1) is 68.8. The van der Waals surface area contributed by atoms with E-state index in [1.807, 2.05) is 0 Å². The molecule has 4 atom stereocenters. The lowest BCUT2D eigenvalue weighted by Gasteiger charge is -2.27. The average molecular weight is 989 g/mol. The molecule has 1 amide bonds. The number of amides is 1. The number of allylic oxidation sites excluding steroid dienone is 4. The molecular formula is C64H125NO5. The monoisotopic (exact) mass is 988 g/mol. The van der Waals surface area contributed by atoms with Gasteiger partial charge in [-0.3, -0.25) is 4.79 Å². The van der Waals surface area contributed by atoms with E-state index >= 15 is 0 Å². The molecule has 0 rings (SSSR count). The van der Waals surface area contributed by atoms with Crippen molar-refractivity contribution in [1.29, 1.82) is 0 Å². The molecule has 0 radical (unpaired) electrons. The van der Waals surface area contributed by atoms with Crippen molar-refractivity contribution in [3.63, 3.8) is 0 Å². The molecule has 0 spiro atoms. The van der Waals surface area contributed by atoms with Crippen molar-refractivity contribution in [2.24, 2.45) is 0 Å². The highest BCUT2D eigenvalue weighted by Crippen LogP contribution is 2.18. The van der Waals surface area contributed by atoms with Gasteiger partial charge in [0.1, 0.15) is 12.2 Å². The quantitative estimate of drug-likeness (QED) is 0.0308. The van der Waals surface area contributed by atoms with E-state index in [2.05, 4.69) is 43.5 Å². The fraction of sp³-hybridized carbons (Fsp3) is 0.922. The van der Waals surface area contributed by atoms with Crippen LogP contribution >= 0.6 is 0 Å². The summed E-state index contributed by atoms with van der Waals surface area (Å²) >= 11 is 0. The standard InChI is InChI=1S/C64H125NO5/c1-3-5-7-9-11-13-15-17-19-21-23-25-27-29-30-31-32-33-34-36-37-39-41-43-45-47-49-51-53-55-57-61(67)63(69)60(59-66)65-64(70)62(68)58-56-54-52-50-48-46-44-42-40-38-35-28-26-24-22-20-18-16-14-12-10-8-6-4-2/h35,38,49,51,60-63,66-69H,3-34,36-37,39-48,50,52-59H2,1-2H3,(H,65,70)/b38-35-,51-49+. The number of rotatable bonds is 59. The second-order valence-electron chi connectivity index (χ2n) is 22.1. The number of unbranched alkanes of at least 4 members (excludes halogenated alkanes) is 46. The van der Waals surface area contributed by atoms with Crippen molar-refractivity contribution in [1.82, 2.24) is 5.32 Å². The Morgan fingerprint density at radius 1 is 0.343 bits per heavy atom. The maximum atomic E-state index is 12.6.